The normalized spacial score (nSPS) is 12.5. The SMILES string of the molecule is Cc1ccnc2c(-c3[c-]c(-c4nc5c(-c6cccc7c6[n-]c6ccccc67)cccc5n4-c4ccc(C(C)(C)C)cc4)cc(C(C)(C)C)c3)cc(C(C)(C)C)cc12.[Pt+2]. The molecule has 0 aliphatic carbocycles. The van der Waals surface area contributed by atoms with Crippen LogP contribution in [0.15, 0.2) is 121 Å². The average Bonchev–Trinajstić information content (AvgIpc) is 3.76. The van der Waals surface area contributed by atoms with Crippen molar-refractivity contribution < 1.29 is 21.1 Å². The maximum absolute atomic E-state index is 5.65. The summed E-state index contributed by atoms with van der Waals surface area (Å²) >= 11 is 0. The van der Waals surface area contributed by atoms with Crippen molar-refractivity contribution in [1.29, 1.82) is 0 Å². The molecule has 0 N–H and O–H groups in total. The van der Waals surface area contributed by atoms with Gasteiger partial charge in [0.15, 0.2) is 0 Å². The molecule has 3 heterocycles. The average molecular weight is 938 g/mol. The van der Waals surface area contributed by atoms with E-state index >= 15 is 0 Å². The Kier molecular flexibility index (Phi) is 9.68. The summed E-state index contributed by atoms with van der Waals surface area (Å²) in [5.74, 6) is 0.849. The van der Waals surface area contributed by atoms with E-state index in [1.54, 1.807) is 0 Å². The van der Waals surface area contributed by atoms with Crippen molar-refractivity contribution >= 4 is 43.7 Å². The minimum Gasteiger partial charge on any atom is -0.656 e. The number of pyridine rings is 1. The number of aryl methyl sites for hydroxylation is 1. The molecule has 0 atom stereocenters. The van der Waals surface area contributed by atoms with Crippen molar-refractivity contribution in [2.45, 2.75) is 85.5 Å². The molecule has 0 fully saturated rings. The zero-order chi connectivity index (χ0) is 40.0. The zero-order valence-electron chi connectivity index (χ0n) is 35.2. The Bertz CT molecular complexity index is 3010. The quantitative estimate of drug-likeness (QED) is 0.165. The van der Waals surface area contributed by atoms with E-state index in [4.69, 9.17) is 15.0 Å². The van der Waals surface area contributed by atoms with Crippen molar-refractivity contribution in [3.63, 3.8) is 0 Å². The molecule has 9 rings (SSSR count). The van der Waals surface area contributed by atoms with E-state index in [2.05, 4.69) is 195 Å². The largest absolute Gasteiger partial charge is 2.00 e. The molecule has 0 spiro atoms. The molecular weight excluding hydrogens is 888 g/mol. The van der Waals surface area contributed by atoms with Crippen molar-refractivity contribution in [3.8, 4) is 39.3 Å². The number of hydrogen-bond acceptors (Lipinski definition) is 2. The van der Waals surface area contributed by atoms with Crippen molar-refractivity contribution in [2.24, 2.45) is 0 Å². The van der Waals surface area contributed by atoms with Crippen LogP contribution in [0.4, 0.5) is 0 Å². The summed E-state index contributed by atoms with van der Waals surface area (Å²) in [5, 5.41) is 3.50. The first-order valence-corrected chi connectivity index (χ1v) is 20.1. The van der Waals surface area contributed by atoms with E-state index in [-0.39, 0.29) is 37.3 Å². The van der Waals surface area contributed by atoms with Gasteiger partial charge in [-0.1, -0.05) is 152 Å². The summed E-state index contributed by atoms with van der Waals surface area (Å²) in [6.07, 6.45) is 1.93. The summed E-state index contributed by atoms with van der Waals surface area (Å²) < 4.78 is 2.33. The van der Waals surface area contributed by atoms with Crippen LogP contribution in [0.25, 0.3) is 83.1 Å². The van der Waals surface area contributed by atoms with E-state index in [0.717, 1.165) is 72.3 Å². The van der Waals surface area contributed by atoms with Crippen molar-refractivity contribution in [1.82, 2.24) is 19.5 Å². The molecule has 0 aliphatic heterocycles. The van der Waals surface area contributed by atoms with Gasteiger partial charge in [-0.25, -0.2) is 0 Å². The third-order valence-electron chi connectivity index (χ3n) is 11.6. The van der Waals surface area contributed by atoms with Crippen LogP contribution in [0, 0.1) is 13.0 Å². The smallest absolute Gasteiger partial charge is 0.656 e. The topological polar surface area (TPSA) is 44.8 Å². The Balaban J connectivity index is 0.00000469. The molecule has 0 radical (unpaired) electrons. The predicted molar refractivity (Wildman–Crippen MR) is 241 cm³/mol. The van der Waals surface area contributed by atoms with E-state index in [1.165, 1.54) is 33.0 Å². The van der Waals surface area contributed by atoms with E-state index in [9.17, 15) is 0 Å². The van der Waals surface area contributed by atoms with Gasteiger partial charge in [0, 0.05) is 23.0 Å². The van der Waals surface area contributed by atoms with Gasteiger partial charge in [0.2, 0.25) is 0 Å². The summed E-state index contributed by atoms with van der Waals surface area (Å²) in [6.45, 7) is 22.7. The van der Waals surface area contributed by atoms with Crippen molar-refractivity contribution in [3.05, 3.63) is 150 Å². The molecule has 0 saturated carbocycles. The number of rotatable bonds is 4. The maximum atomic E-state index is 5.65. The molecule has 3 aromatic heterocycles. The van der Waals surface area contributed by atoms with Crippen LogP contribution in [0.3, 0.4) is 0 Å². The second kappa shape index (κ2) is 14.2. The second-order valence-corrected chi connectivity index (χ2v) is 18.8. The summed E-state index contributed by atoms with van der Waals surface area (Å²) in [7, 11) is 0. The number of benzene rings is 6. The Hall–Kier alpha value is -5.31. The molecule has 9 aromatic rings. The third-order valence-corrected chi connectivity index (χ3v) is 11.6. The Morgan fingerprint density at radius 3 is 1.91 bits per heavy atom. The first kappa shape index (κ1) is 39.5. The van der Waals surface area contributed by atoms with Gasteiger partial charge in [0.1, 0.15) is 0 Å². The first-order chi connectivity index (χ1) is 27.1. The monoisotopic (exact) mass is 937 g/mol. The van der Waals surface area contributed by atoms with Gasteiger partial charge >= 0.3 is 21.1 Å². The number of fused-ring (bicyclic) bond motifs is 5. The third kappa shape index (κ3) is 6.80. The Labute approximate surface area is 357 Å². The molecule has 0 aliphatic rings. The fraction of sp³-hybridized carbons (Fsp3) is 0.245. The molecule has 0 unspecified atom stereocenters. The van der Waals surface area contributed by atoms with Gasteiger partial charge in [-0.3, -0.25) is 9.97 Å². The zero-order valence-corrected chi connectivity index (χ0v) is 37.4. The molecule has 6 aromatic carbocycles. The van der Waals surface area contributed by atoms with Gasteiger partial charge < -0.3 is 9.55 Å². The Morgan fingerprint density at radius 2 is 1.19 bits per heavy atom. The van der Waals surface area contributed by atoms with Gasteiger partial charge in [-0.05, 0) is 85.8 Å². The molecule has 0 amide bonds. The minimum atomic E-state index is -0.142. The van der Waals surface area contributed by atoms with E-state index < -0.39 is 0 Å². The van der Waals surface area contributed by atoms with Gasteiger partial charge in [0.25, 0.3) is 0 Å². The van der Waals surface area contributed by atoms with Crippen LogP contribution in [0.2, 0.25) is 0 Å². The number of aromatic nitrogens is 4. The molecule has 0 bridgehead atoms. The van der Waals surface area contributed by atoms with Crippen LogP contribution in [-0.4, -0.2) is 14.5 Å². The summed E-state index contributed by atoms with van der Waals surface area (Å²) in [5.41, 5.74) is 16.0. The number of hydrogen-bond donors (Lipinski definition) is 0. The van der Waals surface area contributed by atoms with Crippen LogP contribution in [0.5, 0.6) is 0 Å². The van der Waals surface area contributed by atoms with Crippen LogP contribution in [-0.2, 0) is 37.3 Å². The minimum absolute atomic E-state index is 0. The van der Waals surface area contributed by atoms with Gasteiger partial charge in [-0.15, -0.1) is 40.4 Å². The molecule has 58 heavy (non-hydrogen) atoms. The maximum Gasteiger partial charge on any atom is 2.00 e. The number of imidazole rings is 1. The molecule has 4 nitrogen and oxygen atoms in total. The molecular formula is C53H50N4Pt. The van der Waals surface area contributed by atoms with Crippen molar-refractivity contribution in [2.75, 3.05) is 0 Å². The van der Waals surface area contributed by atoms with E-state index in [0.29, 0.717) is 0 Å². The fourth-order valence-electron chi connectivity index (χ4n) is 8.18. The van der Waals surface area contributed by atoms with Gasteiger partial charge in [-0.2, -0.15) is 0 Å². The first-order valence-electron chi connectivity index (χ1n) is 20.1. The fourth-order valence-corrected chi connectivity index (χ4v) is 8.18. The molecule has 5 heteroatoms. The number of nitrogens with zero attached hydrogens (tertiary/aromatic N) is 4. The Morgan fingerprint density at radius 1 is 0.552 bits per heavy atom. The molecule has 292 valence electrons. The molecule has 0 saturated heterocycles. The second-order valence-electron chi connectivity index (χ2n) is 18.8. The standard InChI is InChI=1S/C53H50N4.Pt/c1-32-25-26-54-47-43(32)30-37(53(8,9)10)31-44(47)33-27-34(29-36(28-33)52(5,6)7)50-56-49-42(41-17-13-16-40-39-15-11-12-19-45(39)55-48(40)41)18-14-20-46(49)57(50)38-23-21-35(22-24-38)51(2,3)4;/h11-26,28-31H,1-10H3;/q-2;+2. The summed E-state index contributed by atoms with van der Waals surface area (Å²) in [4.78, 5) is 15.8. The van der Waals surface area contributed by atoms with Crippen LogP contribution < -0.4 is 4.98 Å². The number of para-hydroxylation sites is 3. The van der Waals surface area contributed by atoms with Crippen LogP contribution >= 0.6 is 0 Å². The van der Waals surface area contributed by atoms with Gasteiger partial charge in [0.05, 0.1) is 16.9 Å². The summed E-state index contributed by atoms with van der Waals surface area (Å²) in [6, 6.07) is 45.8. The predicted octanol–water partition coefficient (Wildman–Crippen LogP) is 13.8. The van der Waals surface area contributed by atoms with E-state index in [1.807, 2.05) is 6.20 Å². The van der Waals surface area contributed by atoms with Crippen LogP contribution in [0.1, 0.15) is 84.6 Å².